The van der Waals surface area contributed by atoms with Crippen LogP contribution in [-0.2, 0) is 25.8 Å². The first-order valence-electron chi connectivity index (χ1n) is 32.3. The van der Waals surface area contributed by atoms with Crippen molar-refractivity contribution in [3.63, 3.8) is 0 Å². The third-order valence-electron chi connectivity index (χ3n) is 23.8. The number of furan rings is 4. The molecule has 8 aromatic carbocycles. The van der Waals surface area contributed by atoms with E-state index in [9.17, 15) is 17.2 Å². The molecule has 4 unspecified atom stereocenters. The third kappa shape index (κ3) is 6.46. The van der Waals surface area contributed by atoms with Crippen molar-refractivity contribution in [3.05, 3.63) is 332 Å². The van der Waals surface area contributed by atoms with Crippen LogP contribution in [0.4, 0.5) is 17.6 Å². The van der Waals surface area contributed by atoms with E-state index in [-0.39, 0.29) is 23.3 Å². The van der Waals surface area contributed by atoms with Crippen LogP contribution in [0.5, 0.6) is 0 Å². The number of benzene rings is 8. The summed E-state index contributed by atoms with van der Waals surface area (Å²) >= 11 is -8.95. The molecule has 466 valence electrons. The van der Waals surface area contributed by atoms with E-state index in [1.165, 1.54) is 48.5 Å². The van der Waals surface area contributed by atoms with Crippen LogP contribution in [0.2, 0.25) is 13.1 Å². The number of aryl methyl sites for hydroxylation is 4. The van der Waals surface area contributed by atoms with Crippen molar-refractivity contribution < 1.29 is 49.9 Å². The predicted octanol–water partition coefficient (Wildman–Crippen LogP) is 22.0. The fourth-order valence-corrected chi connectivity index (χ4v) is 187. The second-order valence-corrected chi connectivity index (χ2v) is 81.6. The molecule has 4 atom stereocenters. The van der Waals surface area contributed by atoms with Crippen molar-refractivity contribution >= 4 is 81.3 Å². The van der Waals surface area contributed by atoms with Crippen molar-refractivity contribution in [1.82, 2.24) is 0 Å². The summed E-state index contributed by atoms with van der Waals surface area (Å²) in [6.45, 7) is 12.9. The van der Waals surface area contributed by atoms with E-state index in [0.717, 1.165) is 111 Å². The van der Waals surface area contributed by atoms with Gasteiger partial charge in [-0.3, -0.25) is 0 Å². The summed E-state index contributed by atoms with van der Waals surface area (Å²) in [6.07, 6.45) is 9.29. The van der Waals surface area contributed by atoms with Gasteiger partial charge in [-0.1, -0.05) is 0 Å². The summed E-state index contributed by atoms with van der Waals surface area (Å²) in [5.41, 5.74) is 17.5. The molecule has 2 fully saturated rings. The molecule has 0 saturated carbocycles. The van der Waals surface area contributed by atoms with E-state index in [2.05, 4.69) is 134 Å². The third-order valence-corrected chi connectivity index (χ3v) is 139. The molecule has 12 aromatic rings. The second-order valence-electron chi connectivity index (χ2n) is 27.2. The SMILES string of the molecule is Cc1ccc(C2=Cc3c(-c4ccc(F)cc4)cccc3[C]23[SiH](C)[C]2(C(c4ccc(C)o4)=Cc4c(-c5ccc(F)cc5)cccc42)[Hf]32([Cl])([Cl])[C]3(C(c4ccc(C)o4)=Cc4c(-c5ccc(F)cc5)cccc43)[SiH](C)[C]23C(c2ccc(C)o2)=Cc2c(-c4ccc(F)cc4)cccc23)o1. The Morgan fingerprint density at radius 1 is 0.295 bits per heavy atom. The van der Waals surface area contributed by atoms with Gasteiger partial charge in [0.1, 0.15) is 0 Å². The molecule has 0 radical (unpaired) electrons. The average molecular weight is 1490 g/mol. The summed E-state index contributed by atoms with van der Waals surface area (Å²) in [6, 6.07) is 69.3. The summed E-state index contributed by atoms with van der Waals surface area (Å²) in [5, 5.41) is 0. The maximum atomic E-state index is 15.4. The molecule has 0 bridgehead atoms. The van der Waals surface area contributed by atoms with Gasteiger partial charge in [0.25, 0.3) is 0 Å². The van der Waals surface area contributed by atoms with Gasteiger partial charge in [-0.2, -0.15) is 0 Å². The first-order valence-corrected chi connectivity index (χ1v) is 53.0. The van der Waals surface area contributed by atoms with Crippen LogP contribution in [-0.4, -0.2) is 17.6 Å². The Morgan fingerprint density at radius 3 is 0.695 bits per heavy atom. The van der Waals surface area contributed by atoms with E-state index in [4.69, 9.17) is 17.7 Å². The van der Waals surface area contributed by atoms with Gasteiger partial charge in [0.2, 0.25) is 0 Å². The van der Waals surface area contributed by atoms with Crippen LogP contribution < -0.4 is 0 Å². The van der Waals surface area contributed by atoms with Crippen molar-refractivity contribution in [1.29, 1.82) is 0 Å². The average Bonchev–Trinajstić information content (AvgIpc) is 1.52. The Hall–Kier alpha value is -8.56. The molecule has 4 aliphatic carbocycles. The maximum absolute atomic E-state index is 15.4. The molecule has 0 N–H and O–H groups in total. The molecular weight excluding hydrogens is 1430 g/mol. The minimum atomic E-state index is -8.95. The van der Waals surface area contributed by atoms with Gasteiger partial charge in [0, 0.05) is 0 Å². The second kappa shape index (κ2) is 19.6. The van der Waals surface area contributed by atoms with Gasteiger partial charge in [-0.15, -0.1) is 0 Å². The predicted molar refractivity (Wildman–Crippen MR) is 377 cm³/mol. The Morgan fingerprint density at radius 2 is 0.505 bits per heavy atom. The van der Waals surface area contributed by atoms with Gasteiger partial charge < -0.3 is 0 Å². The van der Waals surface area contributed by atoms with Crippen LogP contribution in [0.15, 0.2) is 236 Å². The number of halogens is 6. The van der Waals surface area contributed by atoms with Crippen molar-refractivity contribution in [2.24, 2.45) is 0 Å². The molecule has 6 heterocycles. The summed E-state index contributed by atoms with van der Waals surface area (Å²) in [5.74, 6) is 3.80. The fourth-order valence-electron chi connectivity index (χ4n) is 21.4. The number of allylic oxidation sites excluding steroid dienone is 4. The van der Waals surface area contributed by atoms with Gasteiger partial charge >= 0.3 is 560 Å². The Bertz CT molecular complexity index is 4820. The Labute approximate surface area is 555 Å². The molecule has 0 amide bonds. The van der Waals surface area contributed by atoms with Crippen LogP contribution in [0.25, 0.3) is 91.1 Å². The molecule has 13 heteroatoms. The Kier molecular flexibility index (Phi) is 12.1. The van der Waals surface area contributed by atoms with E-state index in [1.54, 1.807) is 0 Å². The standard InChI is InChI=1S/2C41H30F2O2Si.2ClH.Hf/c2*1-24-10-20-38(44-24)36-22-34-30(26-12-16-28(42)17-13-26)6-4-8-32(34)40(36)46(3)41-33-9-5-7-31(27-14-18-29(43)19-15-27)35(33)23-37(41)39-21-11-25(2)45-39;;;/h2*4-23,46H,1-3H3;2*1H;/q;;;;+2/p-2. The zero-order valence-electron chi connectivity index (χ0n) is 52.6. The van der Waals surface area contributed by atoms with Crippen LogP contribution in [0.3, 0.4) is 0 Å². The van der Waals surface area contributed by atoms with Crippen molar-refractivity contribution in [2.45, 2.75) is 52.0 Å². The molecule has 6 aliphatic rings. The summed E-state index contributed by atoms with van der Waals surface area (Å²) in [4.78, 5) is 0. The number of fused-ring (bicyclic) bond motifs is 12. The van der Waals surface area contributed by atoms with Gasteiger partial charge in [0.15, 0.2) is 0 Å². The molecule has 18 rings (SSSR count). The molecule has 4 nitrogen and oxygen atoms in total. The van der Waals surface area contributed by atoms with Crippen LogP contribution >= 0.6 is 17.2 Å². The minimum absolute atomic E-state index is 0.360. The van der Waals surface area contributed by atoms with Gasteiger partial charge in [0.05, 0.1) is 0 Å². The van der Waals surface area contributed by atoms with E-state index >= 15 is 17.6 Å². The molecule has 2 aliphatic heterocycles. The fraction of sp³-hybridized carbons (Fsp3) is 0.122. The molecule has 2 saturated heterocycles. The molecule has 4 aromatic heterocycles. The first-order chi connectivity index (χ1) is 45.8. The number of hydrogen-bond acceptors (Lipinski definition) is 4. The molecular formula is C82H60Cl2F4HfO4Si2. The zero-order chi connectivity index (χ0) is 65.2. The number of rotatable bonds is 8. The van der Waals surface area contributed by atoms with Crippen molar-refractivity contribution in [3.8, 4) is 44.5 Å². The molecule has 95 heavy (non-hydrogen) atoms. The first kappa shape index (κ1) is 59.0. The summed E-state index contributed by atoms with van der Waals surface area (Å²) in [7, 11) is 17.0. The Balaban J connectivity index is 1.16. The van der Waals surface area contributed by atoms with Gasteiger partial charge in [-0.05, 0) is 0 Å². The number of hydrogen-bond donors (Lipinski definition) is 0. The molecule has 5 spiro atoms. The zero-order valence-corrected chi connectivity index (χ0v) is 60.1. The quantitative estimate of drug-likeness (QED) is 0.112. The van der Waals surface area contributed by atoms with Crippen LogP contribution in [0, 0.1) is 51.0 Å². The summed E-state index contributed by atoms with van der Waals surface area (Å²) < 4.78 is 85.5. The van der Waals surface area contributed by atoms with E-state index in [0.29, 0.717) is 46.1 Å². The van der Waals surface area contributed by atoms with E-state index in [1.807, 2.05) is 100 Å². The van der Waals surface area contributed by atoms with Gasteiger partial charge in [-0.25, -0.2) is 0 Å². The normalized spacial score (nSPS) is 24.6. The van der Waals surface area contributed by atoms with E-state index < -0.39 is 43.4 Å². The van der Waals surface area contributed by atoms with Crippen molar-refractivity contribution in [2.75, 3.05) is 0 Å². The van der Waals surface area contributed by atoms with Crippen LogP contribution in [0.1, 0.15) is 90.6 Å². The topological polar surface area (TPSA) is 52.6 Å². The monoisotopic (exact) mass is 1490 g/mol.